The van der Waals surface area contributed by atoms with Crippen LogP contribution < -0.4 is 14.8 Å². The van der Waals surface area contributed by atoms with Gasteiger partial charge in [-0.05, 0) is 12.1 Å². The molecule has 4 aromatic rings. The van der Waals surface area contributed by atoms with Crippen molar-refractivity contribution in [2.45, 2.75) is 13.2 Å². The zero-order valence-corrected chi connectivity index (χ0v) is 14.7. The summed E-state index contributed by atoms with van der Waals surface area (Å²) < 4.78 is 40.0. The second kappa shape index (κ2) is 5.99. The van der Waals surface area contributed by atoms with Crippen LogP contribution in [0.4, 0.5) is 14.7 Å². The smallest absolute Gasteiger partial charge is 0.395 e. The number of nitrogens with zero attached hydrogens (tertiary/aromatic N) is 3. The summed E-state index contributed by atoms with van der Waals surface area (Å²) in [5.41, 5.74) is 1.69. The Labute approximate surface area is 160 Å². The average Bonchev–Trinajstić information content (AvgIpc) is 3.34. The van der Waals surface area contributed by atoms with E-state index in [9.17, 15) is 13.6 Å². The van der Waals surface area contributed by atoms with Gasteiger partial charge in [-0.1, -0.05) is 17.3 Å². The maximum atomic E-state index is 13.1. The van der Waals surface area contributed by atoms with Crippen LogP contribution in [0.2, 0.25) is 0 Å². The number of halogens is 2. The number of alkyl halides is 2. The molecule has 9 nitrogen and oxygen atoms in total. The van der Waals surface area contributed by atoms with Crippen molar-refractivity contribution >= 4 is 22.9 Å². The zero-order chi connectivity index (χ0) is 20.2. The Bertz CT molecular complexity index is 1220. The molecule has 0 fully saturated rings. The van der Waals surface area contributed by atoms with Gasteiger partial charge in [0.2, 0.25) is 17.7 Å². The van der Waals surface area contributed by atoms with Gasteiger partial charge in [0.1, 0.15) is 0 Å². The summed E-state index contributed by atoms with van der Waals surface area (Å²) in [7, 11) is 0. The number of carbonyl (C=O) groups excluding carboxylic acids is 1. The van der Waals surface area contributed by atoms with Crippen LogP contribution >= 0.6 is 0 Å². The molecule has 5 rings (SSSR count). The Kier molecular flexibility index (Phi) is 3.53. The molecule has 0 aliphatic carbocycles. The number of hydrogen-bond acceptors (Lipinski definition) is 7. The van der Waals surface area contributed by atoms with Gasteiger partial charge < -0.3 is 19.0 Å². The number of rotatable bonds is 3. The normalized spacial score (nSPS) is 14.3. The van der Waals surface area contributed by atoms with Crippen molar-refractivity contribution in [3.05, 3.63) is 47.9 Å². The first kappa shape index (κ1) is 17.1. The summed E-state index contributed by atoms with van der Waals surface area (Å²) in [4.78, 5) is 23.7. The second-order valence-electron chi connectivity index (χ2n) is 6.24. The highest BCUT2D eigenvalue weighted by Crippen LogP contribution is 2.42. The number of aromatic amines is 1. The van der Waals surface area contributed by atoms with Gasteiger partial charge in [0.05, 0.1) is 11.0 Å². The molecule has 2 N–H and O–H groups in total. The summed E-state index contributed by atoms with van der Waals surface area (Å²) in [5, 5.41) is 6.45. The summed E-state index contributed by atoms with van der Waals surface area (Å²) in [6.07, 6.45) is -3.71. The third-order valence-corrected chi connectivity index (χ3v) is 4.15. The summed E-state index contributed by atoms with van der Waals surface area (Å²) in [6, 6.07) is 9.30. The number of nitrogens with one attached hydrogen (secondary N) is 2. The molecular formula is C18H11F2N5O4. The number of ether oxygens (including phenoxy) is 2. The number of amides is 1. The number of H-pyrrole nitrogens is 1. The van der Waals surface area contributed by atoms with Crippen molar-refractivity contribution in [2.24, 2.45) is 0 Å². The van der Waals surface area contributed by atoms with Gasteiger partial charge >= 0.3 is 6.29 Å². The largest absolute Gasteiger partial charge is 0.586 e. The van der Waals surface area contributed by atoms with Gasteiger partial charge in [0.15, 0.2) is 11.5 Å². The molecule has 3 heterocycles. The van der Waals surface area contributed by atoms with Crippen LogP contribution in [-0.4, -0.2) is 32.3 Å². The Balaban J connectivity index is 1.39. The van der Waals surface area contributed by atoms with E-state index in [0.717, 1.165) is 0 Å². The molecule has 0 saturated heterocycles. The number of hydrogen-bond donors (Lipinski definition) is 2. The molecule has 0 unspecified atom stereocenters. The van der Waals surface area contributed by atoms with Crippen molar-refractivity contribution < 1.29 is 27.6 Å². The molecule has 1 amide bonds. The molecule has 0 radical (unpaired) electrons. The van der Waals surface area contributed by atoms with Crippen LogP contribution in [0.25, 0.3) is 22.4 Å². The molecule has 2 aromatic heterocycles. The molecule has 29 heavy (non-hydrogen) atoms. The number of benzene rings is 2. The van der Waals surface area contributed by atoms with Crippen molar-refractivity contribution in [3.8, 4) is 22.9 Å². The first-order chi connectivity index (χ1) is 13.9. The number of imidazole rings is 1. The highest BCUT2D eigenvalue weighted by Gasteiger charge is 2.43. The van der Waals surface area contributed by atoms with Crippen molar-refractivity contribution in [1.82, 2.24) is 20.1 Å². The first-order valence-electron chi connectivity index (χ1n) is 8.38. The van der Waals surface area contributed by atoms with Crippen LogP contribution in [-0.2, 0) is 0 Å². The minimum atomic E-state index is -3.71. The zero-order valence-electron chi connectivity index (χ0n) is 14.7. The van der Waals surface area contributed by atoms with E-state index < -0.39 is 12.2 Å². The van der Waals surface area contributed by atoms with Crippen molar-refractivity contribution in [1.29, 1.82) is 0 Å². The fourth-order valence-corrected chi connectivity index (χ4v) is 2.91. The fraction of sp³-hybridized carbons (Fsp3) is 0.111. The molecule has 0 spiro atoms. The van der Waals surface area contributed by atoms with Crippen LogP contribution in [0.3, 0.4) is 0 Å². The lowest BCUT2D eigenvalue weighted by atomic mass is 10.1. The van der Waals surface area contributed by atoms with Crippen LogP contribution in [0.1, 0.15) is 16.2 Å². The van der Waals surface area contributed by atoms with Crippen LogP contribution in [0.15, 0.2) is 40.9 Å². The van der Waals surface area contributed by atoms with E-state index in [-0.39, 0.29) is 17.4 Å². The minimum Gasteiger partial charge on any atom is -0.395 e. The number of anilines is 1. The van der Waals surface area contributed by atoms with E-state index in [1.54, 1.807) is 31.2 Å². The monoisotopic (exact) mass is 399 g/mol. The Hall–Kier alpha value is -4.02. The van der Waals surface area contributed by atoms with E-state index in [2.05, 4.69) is 34.9 Å². The standard InChI is InChI=1S/C18H11F2N5O4/c1-8-21-15(25-29-8)9-3-2-4-10(5-9)16(26)24-17-22-11-6-13-14(7-12(11)23-17)28-18(19,20)27-13/h2-7H,1H3,(H2,22,23,24,26). The highest BCUT2D eigenvalue weighted by atomic mass is 19.3. The topological polar surface area (TPSA) is 115 Å². The lowest BCUT2D eigenvalue weighted by Gasteiger charge is -2.04. The summed E-state index contributed by atoms with van der Waals surface area (Å²) in [5.74, 6) is 0.239. The molecule has 11 heteroatoms. The Morgan fingerprint density at radius 3 is 2.69 bits per heavy atom. The van der Waals surface area contributed by atoms with Gasteiger partial charge in [0, 0.05) is 30.2 Å². The van der Waals surface area contributed by atoms with E-state index in [4.69, 9.17) is 4.52 Å². The molecule has 2 aromatic carbocycles. The maximum absolute atomic E-state index is 13.1. The van der Waals surface area contributed by atoms with Gasteiger partial charge in [0.25, 0.3) is 5.91 Å². The quantitative estimate of drug-likeness (QED) is 0.542. The number of fused-ring (bicyclic) bond motifs is 2. The fourth-order valence-electron chi connectivity index (χ4n) is 2.91. The van der Waals surface area contributed by atoms with Crippen LogP contribution in [0, 0.1) is 6.92 Å². The third kappa shape index (κ3) is 3.12. The molecule has 1 aliphatic heterocycles. The molecule has 0 atom stereocenters. The molecule has 146 valence electrons. The van der Waals surface area contributed by atoms with E-state index >= 15 is 0 Å². The van der Waals surface area contributed by atoms with Gasteiger partial charge in [-0.3, -0.25) is 10.1 Å². The summed E-state index contributed by atoms with van der Waals surface area (Å²) in [6.45, 7) is 1.67. The van der Waals surface area contributed by atoms with E-state index in [1.807, 2.05) is 0 Å². The first-order valence-corrected chi connectivity index (χ1v) is 8.38. The predicted octanol–water partition coefficient (Wildman–Crippen LogP) is 3.50. The second-order valence-corrected chi connectivity index (χ2v) is 6.24. The van der Waals surface area contributed by atoms with Crippen LogP contribution in [0.5, 0.6) is 11.5 Å². The lowest BCUT2D eigenvalue weighted by molar-refractivity contribution is -0.286. The van der Waals surface area contributed by atoms with Crippen molar-refractivity contribution in [2.75, 3.05) is 5.32 Å². The Morgan fingerprint density at radius 1 is 1.14 bits per heavy atom. The average molecular weight is 399 g/mol. The summed E-state index contributed by atoms with van der Waals surface area (Å²) >= 11 is 0. The van der Waals surface area contributed by atoms with E-state index in [0.29, 0.717) is 33.9 Å². The van der Waals surface area contributed by atoms with Gasteiger partial charge in [-0.25, -0.2) is 4.98 Å². The maximum Gasteiger partial charge on any atom is 0.586 e. The lowest BCUT2D eigenvalue weighted by Crippen LogP contribution is -2.25. The highest BCUT2D eigenvalue weighted by molar-refractivity contribution is 6.04. The molecule has 0 saturated carbocycles. The Morgan fingerprint density at radius 2 is 1.93 bits per heavy atom. The molecule has 0 bridgehead atoms. The number of carbonyl (C=O) groups is 1. The number of aromatic nitrogens is 4. The number of aryl methyl sites for hydroxylation is 1. The molecule has 1 aliphatic rings. The van der Waals surface area contributed by atoms with Gasteiger partial charge in [-0.15, -0.1) is 8.78 Å². The van der Waals surface area contributed by atoms with E-state index in [1.165, 1.54) is 12.1 Å². The predicted molar refractivity (Wildman–Crippen MR) is 94.7 cm³/mol. The molecular weight excluding hydrogens is 388 g/mol. The SMILES string of the molecule is Cc1nc(-c2cccc(C(=O)Nc3nc4cc5c(cc4[nH]3)OC(F)(F)O5)c2)no1. The third-order valence-electron chi connectivity index (χ3n) is 4.15. The van der Waals surface area contributed by atoms with Crippen molar-refractivity contribution in [3.63, 3.8) is 0 Å². The minimum absolute atomic E-state index is 0.118. The van der Waals surface area contributed by atoms with Gasteiger partial charge in [-0.2, -0.15) is 4.98 Å².